The van der Waals surface area contributed by atoms with E-state index in [0.717, 1.165) is 91.9 Å². The van der Waals surface area contributed by atoms with E-state index in [1.54, 1.807) is 7.11 Å². The Labute approximate surface area is 255 Å². The summed E-state index contributed by atoms with van der Waals surface area (Å²) in [6.45, 7) is 2.66. The maximum Gasteiger partial charge on any atom is 0.319 e. The molecule has 3 N–H and O–H groups in total. The van der Waals surface area contributed by atoms with Gasteiger partial charge in [0.15, 0.2) is 6.29 Å². The third-order valence-electron chi connectivity index (χ3n) is 10.8. The second kappa shape index (κ2) is 12.5. The molecular weight excluding hydrogens is 542 g/mol. The van der Waals surface area contributed by atoms with Crippen molar-refractivity contribution in [3.63, 3.8) is 0 Å². The Balaban J connectivity index is 1.02. The van der Waals surface area contributed by atoms with Crippen molar-refractivity contribution in [2.24, 2.45) is 17.8 Å². The Hall–Kier alpha value is -2.49. The molecule has 8 nitrogen and oxygen atoms in total. The van der Waals surface area contributed by atoms with Gasteiger partial charge in [0, 0.05) is 42.9 Å². The number of likely N-dealkylation sites (tertiary alicyclic amines) is 1. The zero-order valence-electron chi connectivity index (χ0n) is 25.4. The zero-order valence-corrected chi connectivity index (χ0v) is 25.4. The van der Waals surface area contributed by atoms with Crippen molar-refractivity contribution >= 4 is 11.7 Å². The van der Waals surface area contributed by atoms with Crippen molar-refractivity contribution in [2.75, 3.05) is 32.1 Å². The number of ether oxygens (including phenoxy) is 3. The number of carbonyl (C=O) groups is 1. The van der Waals surface area contributed by atoms with Crippen LogP contribution in [0.5, 0.6) is 0 Å². The molecule has 43 heavy (non-hydrogen) atoms. The summed E-state index contributed by atoms with van der Waals surface area (Å²) in [7, 11) is 1.77. The number of urea groups is 1. The molecule has 4 atom stereocenters. The van der Waals surface area contributed by atoms with Crippen molar-refractivity contribution in [2.45, 2.75) is 94.5 Å². The summed E-state index contributed by atoms with van der Waals surface area (Å²) in [5.41, 5.74) is 3.67. The molecule has 2 saturated heterocycles. The second-order valence-corrected chi connectivity index (χ2v) is 14.0. The Morgan fingerprint density at radius 2 is 1.63 bits per heavy atom. The molecular formula is C35H47N3O5. The highest BCUT2D eigenvalue weighted by atomic mass is 16.7. The molecule has 0 aromatic heterocycles. The lowest BCUT2D eigenvalue weighted by atomic mass is 9.53. The molecule has 0 radical (unpaired) electrons. The van der Waals surface area contributed by atoms with E-state index in [1.807, 2.05) is 36.4 Å². The quantitative estimate of drug-likeness (QED) is 0.336. The molecule has 8 rings (SSSR count). The number of anilines is 1. The van der Waals surface area contributed by atoms with Gasteiger partial charge in [0.25, 0.3) is 0 Å². The van der Waals surface area contributed by atoms with Crippen LogP contribution in [-0.4, -0.2) is 60.5 Å². The summed E-state index contributed by atoms with van der Waals surface area (Å²) in [6.07, 6.45) is 9.93. The molecule has 6 fully saturated rings. The lowest BCUT2D eigenvalue weighted by Crippen LogP contribution is -2.60. The van der Waals surface area contributed by atoms with Gasteiger partial charge in [-0.2, -0.15) is 0 Å². The van der Waals surface area contributed by atoms with E-state index in [1.165, 1.54) is 25.7 Å². The van der Waals surface area contributed by atoms with Gasteiger partial charge in [0.05, 0.1) is 25.4 Å². The first-order chi connectivity index (χ1) is 21.0. The van der Waals surface area contributed by atoms with Gasteiger partial charge in [-0.1, -0.05) is 36.4 Å². The van der Waals surface area contributed by atoms with Gasteiger partial charge in [-0.25, -0.2) is 4.79 Å². The van der Waals surface area contributed by atoms with E-state index < -0.39 is 6.29 Å². The number of amides is 2. The number of hydrogen-bond acceptors (Lipinski definition) is 6. The number of aliphatic hydroxyl groups excluding tert-OH is 1. The number of nitrogens with one attached hydrogen (secondary N) is 2. The summed E-state index contributed by atoms with van der Waals surface area (Å²) in [6, 6.07) is 16.3. The van der Waals surface area contributed by atoms with Gasteiger partial charge < -0.3 is 30.0 Å². The molecule has 2 aliphatic heterocycles. The largest absolute Gasteiger partial charge is 0.392 e. The third-order valence-corrected chi connectivity index (χ3v) is 10.8. The van der Waals surface area contributed by atoms with E-state index in [9.17, 15) is 9.90 Å². The third kappa shape index (κ3) is 6.50. The van der Waals surface area contributed by atoms with E-state index in [0.29, 0.717) is 6.04 Å². The average Bonchev–Trinajstić information content (AvgIpc) is 3.43. The highest BCUT2D eigenvalue weighted by Gasteiger charge is 2.51. The van der Waals surface area contributed by atoms with Gasteiger partial charge in [0.1, 0.15) is 0 Å². The molecule has 0 unspecified atom stereocenters. The van der Waals surface area contributed by atoms with Crippen LogP contribution >= 0.6 is 0 Å². The molecule has 2 aromatic carbocycles. The Morgan fingerprint density at radius 3 is 2.28 bits per heavy atom. The van der Waals surface area contributed by atoms with E-state index >= 15 is 0 Å². The number of rotatable bonds is 9. The normalized spacial score (nSPS) is 35.3. The fourth-order valence-corrected chi connectivity index (χ4v) is 9.20. The van der Waals surface area contributed by atoms with Crippen LogP contribution in [0.25, 0.3) is 0 Å². The predicted octanol–water partition coefficient (Wildman–Crippen LogP) is 5.93. The fraction of sp³-hybridized carbons (Fsp3) is 0.629. The smallest absolute Gasteiger partial charge is 0.319 e. The maximum atomic E-state index is 13.1. The molecule has 2 heterocycles. The van der Waals surface area contributed by atoms with Crippen molar-refractivity contribution < 1.29 is 24.1 Å². The topological polar surface area (TPSA) is 92.3 Å². The second-order valence-electron chi connectivity index (χ2n) is 14.0. The van der Waals surface area contributed by atoms with E-state index in [-0.39, 0.29) is 30.4 Å². The average molecular weight is 590 g/mol. The lowest BCUT2D eigenvalue weighted by Gasteiger charge is -2.56. The molecule has 2 aromatic rings. The lowest BCUT2D eigenvalue weighted by molar-refractivity contribution is -0.253. The van der Waals surface area contributed by atoms with Gasteiger partial charge >= 0.3 is 6.03 Å². The summed E-state index contributed by atoms with van der Waals surface area (Å²) < 4.78 is 18.6. The number of benzene rings is 2. The molecule has 4 bridgehead atoms. The zero-order chi connectivity index (χ0) is 29.4. The summed E-state index contributed by atoms with van der Waals surface area (Å²) in [4.78, 5) is 15.6. The fourth-order valence-electron chi connectivity index (χ4n) is 9.20. The highest BCUT2D eigenvalue weighted by molar-refractivity contribution is 5.89. The summed E-state index contributed by atoms with van der Waals surface area (Å²) >= 11 is 0. The molecule has 6 aliphatic rings. The van der Waals surface area contributed by atoms with Crippen LogP contribution in [0, 0.1) is 17.8 Å². The van der Waals surface area contributed by atoms with Crippen molar-refractivity contribution in [1.82, 2.24) is 10.2 Å². The summed E-state index contributed by atoms with van der Waals surface area (Å²) in [5, 5.41) is 16.0. The van der Waals surface area contributed by atoms with E-state index in [2.05, 4.69) is 27.7 Å². The van der Waals surface area contributed by atoms with Crippen LogP contribution in [0.3, 0.4) is 0 Å². The molecule has 232 valence electrons. The summed E-state index contributed by atoms with van der Waals surface area (Å²) in [5.74, 6) is 2.37. The predicted molar refractivity (Wildman–Crippen MR) is 164 cm³/mol. The van der Waals surface area contributed by atoms with Crippen LogP contribution in [0.2, 0.25) is 0 Å². The first-order valence-corrected chi connectivity index (χ1v) is 16.4. The minimum Gasteiger partial charge on any atom is -0.392 e. The number of hydrogen-bond donors (Lipinski definition) is 3. The highest BCUT2D eigenvalue weighted by Crippen LogP contribution is 2.55. The molecule has 8 heteroatoms. The number of carbonyl (C=O) groups excluding carboxylic acids is 1. The minimum atomic E-state index is -0.514. The number of aliphatic hydroxyl groups is 1. The van der Waals surface area contributed by atoms with Gasteiger partial charge in [-0.15, -0.1) is 0 Å². The number of nitrogens with zero attached hydrogens (tertiary/aromatic N) is 1. The van der Waals surface area contributed by atoms with Gasteiger partial charge in [-0.05, 0) is 98.9 Å². The standard InChI is InChI=1S/C35H47N3O5/c1-41-22-30-3-2-12-38(30)20-31-16-32(27-6-4-23(21-39)5-7-27)43-33(42-31)28-8-10-29(11-9-28)36-34(40)37-35-17-24-13-25(18-35)15-26(14-24)19-35/h4-11,24-26,30-33,39H,2-3,12-22H2,1H3,(H2,36,37,40)/t24?,25?,26?,30-,31+,32-,33-,35?/m0/s1. The van der Waals surface area contributed by atoms with Gasteiger partial charge in [-0.3, -0.25) is 4.90 Å². The molecule has 0 spiro atoms. The van der Waals surface area contributed by atoms with E-state index in [4.69, 9.17) is 14.2 Å². The Bertz CT molecular complexity index is 1220. The van der Waals surface area contributed by atoms with Crippen LogP contribution in [0.4, 0.5) is 10.5 Å². The molecule has 2 amide bonds. The first-order valence-electron chi connectivity index (χ1n) is 16.4. The van der Waals surface area contributed by atoms with Crippen LogP contribution in [-0.2, 0) is 20.8 Å². The molecule has 4 aliphatic carbocycles. The van der Waals surface area contributed by atoms with Crippen LogP contribution in [0.1, 0.15) is 86.9 Å². The Morgan fingerprint density at radius 1 is 0.953 bits per heavy atom. The Kier molecular flexibility index (Phi) is 8.49. The number of methoxy groups -OCH3 is 1. The minimum absolute atomic E-state index is 0.00239. The van der Waals surface area contributed by atoms with Crippen LogP contribution < -0.4 is 10.6 Å². The van der Waals surface area contributed by atoms with Crippen LogP contribution in [0.15, 0.2) is 48.5 Å². The molecule has 4 saturated carbocycles. The monoisotopic (exact) mass is 589 g/mol. The maximum absolute atomic E-state index is 13.1. The van der Waals surface area contributed by atoms with Gasteiger partial charge in [0.2, 0.25) is 0 Å². The van der Waals surface area contributed by atoms with Crippen molar-refractivity contribution in [1.29, 1.82) is 0 Å². The van der Waals surface area contributed by atoms with Crippen molar-refractivity contribution in [3.8, 4) is 0 Å². The van der Waals surface area contributed by atoms with Crippen molar-refractivity contribution in [3.05, 3.63) is 65.2 Å². The SMILES string of the molecule is COC[C@@H]1CCCN1C[C@H]1C[C@@H](c2ccc(CO)cc2)O[C@@H](c2ccc(NC(=O)NC34CC5CC(CC(C5)C3)C4)cc2)O1. The first kappa shape index (κ1) is 29.2.